The Labute approximate surface area is 149 Å². The summed E-state index contributed by atoms with van der Waals surface area (Å²) in [6, 6.07) is 17.0. The van der Waals surface area contributed by atoms with Gasteiger partial charge in [-0.3, -0.25) is 0 Å². The average Bonchev–Trinajstić information content (AvgIpc) is 2.64. The summed E-state index contributed by atoms with van der Waals surface area (Å²) < 4.78 is 11.1. The van der Waals surface area contributed by atoms with Crippen LogP contribution in [0.4, 0.5) is 0 Å². The Morgan fingerprint density at radius 3 is 2.08 bits per heavy atom. The maximum Gasteiger partial charge on any atom is 0.122 e. The minimum Gasteiger partial charge on any atom is -0.491 e. The molecule has 0 saturated carbocycles. The third-order valence-electron chi connectivity index (χ3n) is 3.55. The molecule has 0 aliphatic carbocycles. The zero-order valence-corrected chi connectivity index (χ0v) is 14.7. The van der Waals surface area contributed by atoms with Gasteiger partial charge in [0.15, 0.2) is 0 Å². The van der Waals surface area contributed by atoms with Crippen molar-refractivity contribution in [2.24, 2.45) is 0 Å². The van der Waals surface area contributed by atoms with E-state index in [4.69, 9.17) is 15.9 Å². The van der Waals surface area contributed by atoms with Crippen LogP contribution in [0.25, 0.3) is 0 Å². The molecule has 0 aromatic heterocycles. The quantitative estimate of drug-likeness (QED) is 0.580. The molecule has 2 aromatic rings. The molecule has 25 heavy (non-hydrogen) atoms. The molecule has 0 bridgehead atoms. The van der Waals surface area contributed by atoms with Crippen LogP contribution in [0.2, 0.25) is 0 Å². The van der Waals surface area contributed by atoms with E-state index >= 15 is 0 Å². The lowest BCUT2D eigenvalue weighted by Crippen LogP contribution is -2.25. The van der Waals surface area contributed by atoms with Crippen molar-refractivity contribution in [3.63, 3.8) is 0 Å². The van der Waals surface area contributed by atoms with Crippen LogP contribution in [0.15, 0.2) is 66.2 Å². The van der Waals surface area contributed by atoms with E-state index in [-0.39, 0.29) is 19.1 Å². The van der Waals surface area contributed by atoms with Crippen LogP contribution in [0.5, 0.6) is 11.5 Å². The van der Waals surface area contributed by atoms with Gasteiger partial charge in [-0.15, -0.1) is 6.42 Å². The number of allylic oxidation sites excluding steroid dienone is 2. The largest absolute Gasteiger partial charge is 0.491 e. The number of hydrogen-bond acceptors (Lipinski definition) is 3. The van der Waals surface area contributed by atoms with Gasteiger partial charge >= 0.3 is 0 Å². The van der Waals surface area contributed by atoms with Crippen LogP contribution in [-0.4, -0.2) is 24.4 Å². The molecule has 0 heterocycles. The third kappa shape index (κ3) is 6.37. The molecular formula is C22H24O3. The van der Waals surface area contributed by atoms with Gasteiger partial charge in [-0.2, -0.15) is 0 Å². The number of para-hydroxylation sites is 1. The lowest BCUT2D eigenvalue weighted by atomic mass is 9.98. The van der Waals surface area contributed by atoms with Crippen LogP contribution in [-0.2, 0) is 0 Å². The lowest BCUT2D eigenvalue weighted by Gasteiger charge is -2.14. The second kappa shape index (κ2) is 9.56. The maximum atomic E-state index is 9.97. The topological polar surface area (TPSA) is 38.7 Å². The van der Waals surface area contributed by atoms with Crippen molar-refractivity contribution in [3.8, 4) is 23.8 Å². The molecule has 0 fully saturated rings. The fourth-order valence-corrected chi connectivity index (χ4v) is 2.29. The Kier molecular flexibility index (Phi) is 7.13. The summed E-state index contributed by atoms with van der Waals surface area (Å²) >= 11 is 0. The summed E-state index contributed by atoms with van der Waals surface area (Å²) in [6.07, 6.45) is 6.95. The van der Waals surface area contributed by atoms with E-state index in [0.29, 0.717) is 5.75 Å². The van der Waals surface area contributed by atoms with Gasteiger partial charge in [-0.05, 0) is 43.7 Å². The first-order chi connectivity index (χ1) is 12.1. The maximum absolute atomic E-state index is 9.97. The van der Waals surface area contributed by atoms with E-state index in [1.165, 1.54) is 5.57 Å². The molecule has 0 aliphatic heterocycles. The standard InChI is InChI=1S/C22H24O3/c1-4-18(14-17(2)3)19-10-12-22(13-11-19)25-16-20(23)15-24-21-8-6-5-7-9-21/h1,5-14,18,20,23H,15-16H2,2-3H3. The number of rotatable bonds is 8. The number of aliphatic hydroxyl groups excluding tert-OH is 1. The molecule has 0 spiro atoms. The van der Waals surface area contributed by atoms with Crippen molar-refractivity contribution in [2.75, 3.05) is 13.2 Å². The zero-order chi connectivity index (χ0) is 18.1. The number of terminal acetylenes is 1. The van der Waals surface area contributed by atoms with Crippen molar-refractivity contribution in [1.82, 2.24) is 0 Å². The molecule has 0 amide bonds. The van der Waals surface area contributed by atoms with Crippen LogP contribution >= 0.6 is 0 Å². The van der Waals surface area contributed by atoms with Gasteiger partial charge < -0.3 is 14.6 Å². The molecule has 3 nitrogen and oxygen atoms in total. The van der Waals surface area contributed by atoms with E-state index in [2.05, 4.69) is 12.0 Å². The summed E-state index contributed by atoms with van der Waals surface area (Å²) in [7, 11) is 0. The molecular weight excluding hydrogens is 312 g/mol. The SMILES string of the molecule is C#CC(C=C(C)C)c1ccc(OCC(O)COc2ccccc2)cc1. The number of hydrogen-bond donors (Lipinski definition) is 1. The van der Waals surface area contributed by atoms with Gasteiger partial charge in [0.1, 0.15) is 30.8 Å². The molecule has 0 radical (unpaired) electrons. The highest BCUT2D eigenvalue weighted by Crippen LogP contribution is 2.21. The number of ether oxygens (including phenoxy) is 2. The van der Waals surface area contributed by atoms with Gasteiger partial charge in [0, 0.05) is 0 Å². The van der Waals surface area contributed by atoms with E-state index in [1.54, 1.807) is 0 Å². The highest BCUT2D eigenvalue weighted by Gasteiger charge is 2.08. The first-order valence-electron chi connectivity index (χ1n) is 8.28. The zero-order valence-electron chi connectivity index (χ0n) is 14.7. The predicted octanol–water partition coefficient (Wildman–Crippen LogP) is 4.19. The van der Waals surface area contributed by atoms with Crippen molar-refractivity contribution in [1.29, 1.82) is 0 Å². The minimum absolute atomic E-state index is 0.0380. The fraction of sp³-hybridized carbons (Fsp3) is 0.273. The summed E-state index contributed by atoms with van der Waals surface area (Å²) in [5.74, 6) is 4.16. The molecule has 2 atom stereocenters. The molecule has 1 N–H and O–H groups in total. The molecule has 2 unspecified atom stereocenters. The van der Waals surface area contributed by atoms with Gasteiger partial charge in [-0.1, -0.05) is 47.9 Å². The molecule has 2 rings (SSSR count). The van der Waals surface area contributed by atoms with E-state index in [1.807, 2.05) is 68.4 Å². The highest BCUT2D eigenvalue weighted by molar-refractivity contribution is 5.36. The van der Waals surface area contributed by atoms with E-state index in [0.717, 1.165) is 11.3 Å². The lowest BCUT2D eigenvalue weighted by molar-refractivity contribution is 0.0626. The normalized spacial score (nSPS) is 12.6. The summed E-state index contributed by atoms with van der Waals surface area (Å²) in [5, 5.41) is 9.97. The Morgan fingerprint density at radius 2 is 1.56 bits per heavy atom. The average molecular weight is 336 g/mol. The Bertz CT molecular complexity index is 707. The van der Waals surface area contributed by atoms with Crippen LogP contribution < -0.4 is 9.47 Å². The predicted molar refractivity (Wildman–Crippen MR) is 101 cm³/mol. The fourth-order valence-electron chi connectivity index (χ4n) is 2.29. The monoisotopic (exact) mass is 336 g/mol. The Hall–Kier alpha value is -2.70. The summed E-state index contributed by atoms with van der Waals surface area (Å²) in [6.45, 7) is 4.40. The van der Waals surface area contributed by atoms with Crippen molar-refractivity contribution in [3.05, 3.63) is 71.8 Å². The number of aliphatic hydroxyl groups is 1. The summed E-state index contributed by atoms with van der Waals surface area (Å²) in [4.78, 5) is 0. The first-order valence-corrected chi connectivity index (χ1v) is 8.28. The highest BCUT2D eigenvalue weighted by atomic mass is 16.5. The Morgan fingerprint density at radius 1 is 1.00 bits per heavy atom. The van der Waals surface area contributed by atoms with Crippen molar-refractivity contribution < 1.29 is 14.6 Å². The van der Waals surface area contributed by atoms with E-state index < -0.39 is 6.10 Å². The van der Waals surface area contributed by atoms with Crippen LogP contribution in [0.3, 0.4) is 0 Å². The molecule has 130 valence electrons. The smallest absolute Gasteiger partial charge is 0.122 e. The molecule has 3 heteroatoms. The van der Waals surface area contributed by atoms with Gasteiger partial charge in [0.05, 0.1) is 5.92 Å². The number of benzene rings is 2. The molecule has 0 aliphatic rings. The Balaban J connectivity index is 1.83. The molecule has 0 saturated heterocycles. The van der Waals surface area contributed by atoms with Gasteiger partial charge in [0.2, 0.25) is 0 Å². The minimum atomic E-state index is -0.705. The van der Waals surface area contributed by atoms with E-state index in [9.17, 15) is 5.11 Å². The molecule has 2 aromatic carbocycles. The first kappa shape index (κ1) is 18.6. The second-order valence-corrected chi connectivity index (χ2v) is 6.05. The van der Waals surface area contributed by atoms with Crippen LogP contribution in [0.1, 0.15) is 25.3 Å². The second-order valence-electron chi connectivity index (χ2n) is 6.05. The van der Waals surface area contributed by atoms with Gasteiger partial charge in [0.25, 0.3) is 0 Å². The van der Waals surface area contributed by atoms with Crippen molar-refractivity contribution in [2.45, 2.75) is 25.9 Å². The van der Waals surface area contributed by atoms with Crippen molar-refractivity contribution >= 4 is 0 Å². The third-order valence-corrected chi connectivity index (χ3v) is 3.55. The summed E-state index contributed by atoms with van der Waals surface area (Å²) in [5.41, 5.74) is 2.23. The van der Waals surface area contributed by atoms with Crippen LogP contribution in [0, 0.1) is 12.3 Å². The van der Waals surface area contributed by atoms with Gasteiger partial charge in [-0.25, -0.2) is 0 Å².